The first-order valence-electron chi connectivity index (χ1n) is 11.7. The number of esters is 3. The van der Waals surface area contributed by atoms with E-state index in [2.05, 4.69) is 0 Å². The second-order valence-electron chi connectivity index (χ2n) is 8.73. The molecular weight excluding hydrogens is 460 g/mol. The lowest BCUT2D eigenvalue weighted by Crippen LogP contribution is -2.32. The smallest absolute Gasteiger partial charge is 0.340 e. The molecule has 7 heteroatoms. The second-order valence-corrected chi connectivity index (χ2v) is 8.73. The van der Waals surface area contributed by atoms with Crippen molar-refractivity contribution in [1.82, 2.24) is 0 Å². The van der Waals surface area contributed by atoms with E-state index in [-0.39, 0.29) is 13.0 Å². The maximum absolute atomic E-state index is 12.9. The number of benzene rings is 3. The van der Waals surface area contributed by atoms with Crippen molar-refractivity contribution in [3.05, 3.63) is 106 Å². The predicted molar refractivity (Wildman–Crippen MR) is 132 cm³/mol. The Morgan fingerprint density at radius 3 is 1.64 bits per heavy atom. The zero-order valence-electron chi connectivity index (χ0n) is 20.4. The summed E-state index contributed by atoms with van der Waals surface area (Å²) in [4.78, 5) is 38.2. The van der Waals surface area contributed by atoms with Crippen molar-refractivity contribution in [3.8, 4) is 0 Å². The number of hydrogen-bond acceptors (Lipinski definition) is 7. The quantitative estimate of drug-likeness (QED) is 0.343. The van der Waals surface area contributed by atoms with Gasteiger partial charge in [0.1, 0.15) is 18.8 Å². The van der Waals surface area contributed by atoms with Gasteiger partial charge in [-0.15, -0.1) is 0 Å². The van der Waals surface area contributed by atoms with E-state index >= 15 is 0 Å². The Bertz CT molecular complexity index is 1270. The van der Waals surface area contributed by atoms with Crippen molar-refractivity contribution >= 4 is 17.9 Å². The Morgan fingerprint density at radius 1 is 0.694 bits per heavy atom. The molecule has 0 N–H and O–H groups in total. The molecule has 7 nitrogen and oxygen atoms in total. The highest BCUT2D eigenvalue weighted by molar-refractivity contribution is 5.92. The van der Waals surface area contributed by atoms with Crippen molar-refractivity contribution in [2.75, 3.05) is 6.61 Å². The number of ether oxygens (including phenoxy) is 4. The number of rotatable bonds is 7. The molecule has 4 rings (SSSR count). The lowest BCUT2D eigenvalue weighted by atomic mass is 10.1. The lowest BCUT2D eigenvalue weighted by Gasteiger charge is -2.19. The van der Waals surface area contributed by atoms with Gasteiger partial charge in [0.15, 0.2) is 0 Å². The van der Waals surface area contributed by atoms with Crippen LogP contribution in [0.5, 0.6) is 0 Å². The molecule has 0 radical (unpaired) electrons. The van der Waals surface area contributed by atoms with Crippen LogP contribution in [-0.4, -0.2) is 43.0 Å². The van der Waals surface area contributed by atoms with Gasteiger partial charge in [-0.05, 0) is 55.7 Å². The molecule has 0 aromatic heterocycles. The molecule has 186 valence electrons. The molecule has 3 aromatic carbocycles. The van der Waals surface area contributed by atoms with Crippen molar-refractivity contribution in [1.29, 1.82) is 0 Å². The van der Waals surface area contributed by atoms with Crippen LogP contribution in [0, 0.1) is 20.8 Å². The third-order valence-electron chi connectivity index (χ3n) is 6.14. The van der Waals surface area contributed by atoms with Gasteiger partial charge in [0.05, 0.1) is 23.1 Å². The largest absolute Gasteiger partial charge is 0.459 e. The number of hydrogen-bond donors (Lipinski definition) is 0. The minimum absolute atomic E-state index is 0.113. The summed E-state index contributed by atoms with van der Waals surface area (Å²) >= 11 is 0. The van der Waals surface area contributed by atoms with Gasteiger partial charge in [0.25, 0.3) is 0 Å². The molecule has 1 aliphatic heterocycles. The van der Waals surface area contributed by atoms with Crippen molar-refractivity contribution in [3.63, 3.8) is 0 Å². The molecule has 3 atom stereocenters. The Balaban J connectivity index is 1.47. The molecule has 1 fully saturated rings. The highest BCUT2D eigenvalue weighted by Crippen LogP contribution is 2.27. The normalized spacial score (nSPS) is 18.9. The number of carbonyl (C=O) groups is 3. The van der Waals surface area contributed by atoms with E-state index in [0.717, 1.165) is 16.7 Å². The van der Waals surface area contributed by atoms with Gasteiger partial charge in [-0.1, -0.05) is 54.6 Å². The first-order chi connectivity index (χ1) is 17.3. The summed E-state index contributed by atoms with van der Waals surface area (Å²) in [6.07, 6.45) is -2.44. The summed E-state index contributed by atoms with van der Waals surface area (Å²) in [5.41, 5.74) is 3.60. The molecule has 1 aliphatic rings. The highest BCUT2D eigenvalue weighted by atomic mass is 16.7. The Labute approximate surface area is 209 Å². The fraction of sp³-hybridized carbons (Fsp3) is 0.276. The van der Waals surface area contributed by atoms with E-state index in [1.54, 1.807) is 36.4 Å². The van der Waals surface area contributed by atoms with Gasteiger partial charge < -0.3 is 18.9 Å². The average molecular weight is 489 g/mol. The number of carbonyl (C=O) groups excluding carboxylic acids is 3. The van der Waals surface area contributed by atoms with Crippen LogP contribution in [0.3, 0.4) is 0 Å². The topological polar surface area (TPSA) is 88.1 Å². The highest BCUT2D eigenvalue weighted by Gasteiger charge is 2.41. The van der Waals surface area contributed by atoms with E-state index in [4.69, 9.17) is 18.9 Å². The van der Waals surface area contributed by atoms with Crippen LogP contribution >= 0.6 is 0 Å². The third kappa shape index (κ3) is 5.80. The monoisotopic (exact) mass is 488 g/mol. The predicted octanol–water partition coefficient (Wildman–Crippen LogP) is 4.97. The molecule has 36 heavy (non-hydrogen) atoms. The molecule has 0 saturated carbocycles. The van der Waals surface area contributed by atoms with Gasteiger partial charge in [-0.2, -0.15) is 0 Å². The maximum atomic E-state index is 12.9. The van der Waals surface area contributed by atoms with Gasteiger partial charge in [-0.3, -0.25) is 0 Å². The zero-order valence-corrected chi connectivity index (χ0v) is 20.4. The van der Waals surface area contributed by atoms with Gasteiger partial charge in [0.2, 0.25) is 6.29 Å². The van der Waals surface area contributed by atoms with E-state index in [0.29, 0.717) is 16.7 Å². The summed E-state index contributed by atoms with van der Waals surface area (Å²) in [6, 6.07) is 21.2. The number of aryl methyl sites for hydroxylation is 3. The first kappa shape index (κ1) is 25.1. The van der Waals surface area contributed by atoms with Crippen molar-refractivity contribution in [2.24, 2.45) is 0 Å². The SMILES string of the molecule is Cc1ccccc1C(=O)OC[C@H]1OC(OC(=O)c2ccccc2C)C[C@@H]1OC(=O)c1ccccc1C. The van der Waals surface area contributed by atoms with Crippen molar-refractivity contribution < 1.29 is 33.3 Å². The molecule has 1 unspecified atom stereocenters. The lowest BCUT2D eigenvalue weighted by molar-refractivity contribution is -0.117. The average Bonchev–Trinajstić information content (AvgIpc) is 3.23. The Kier molecular flexibility index (Phi) is 7.80. The van der Waals surface area contributed by atoms with E-state index in [9.17, 15) is 14.4 Å². The van der Waals surface area contributed by atoms with E-state index in [1.165, 1.54) is 0 Å². The van der Waals surface area contributed by atoms with Crippen LogP contribution < -0.4 is 0 Å². The summed E-state index contributed by atoms with van der Waals surface area (Å²) in [6.45, 7) is 5.27. The molecule has 0 bridgehead atoms. The molecule has 0 aliphatic carbocycles. The molecule has 0 amide bonds. The Hall–Kier alpha value is -3.97. The molecular formula is C29H28O7. The minimum atomic E-state index is -0.964. The Morgan fingerprint density at radius 2 is 1.14 bits per heavy atom. The van der Waals surface area contributed by atoms with E-state index in [1.807, 2.05) is 57.2 Å². The van der Waals surface area contributed by atoms with E-state index < -0.39 is 36.4 Å². The van der Waals surface area contributed by atoms with Crippen LogP contribution in [0.4, 0.5) is 0 Å². The summed E-state index contributed by atoms with van der Waals surface area (Å²) < 4.78 is 22.7. The van der Waals surface area contributed by atoms with Gasteiger partial charge >= 0.3 is 17.9 Å². The first-order valence-corrected chi connectivity index (χ1v) is 11.7. The summed E-state index contributed by atoms with van der Waals surface area (Å²) in [5.74, 6) is -1.58. The summed E-state index contributed by atoms with van der Waals surface area (Å²) in [7, 11) is 0. The third-order valence-corrected chi connectivity index (χ3v) is 6.14. The standard InChI is InChI=1S/C29H28O7/c1-18-10-4-7-13-21(18)27(30)33-17-25-24(35-28(31)22-14-8-5-11-19(22)2)16-26(34-25)36-29(32)23-15-9-6-12-20(23)3/h4-15,24-26H,16-17H2,1-3H3/t24-,25+,26?/m0/s1. The van der Waals surface area contributed by atoms with Crippen LogP contribution in [0.1, 0.15) is 54.2 Å². The van der Waals surface area contributed by atoms with Gasteiger partial charge in [-0.25, -0.2) is 14.4 Å². The fourth-order valence-corrected chi connectivity index (χ4v) is 4.05. The van der Waals surface area contributed by atoms with Crippen molar-refractivity contribution in [2.45, 2.75) is 45.7 Å². The maximum Gasteiger partial charge on any atom is 0.340 e. The molecule has 1 heterocycles. The summed E-state index contributed by atoms with van der Waals surface area (Å²) in [5, 5.41) is 0. The van der Waals surface area contributed by atoms with Gasteiger partial charge in [0, 0.05) is 0 Å². The molecule has 3 aromatic rings. The fourth-order valence-electron chi connectivity index (χ4n) is 4.05. The molecule has 0 spiro atoms. The van der Waals surface area contributed by atoms with Crippen LogP contribution in [0.15, 0.2) is 72.8 Å². The second kappa shape index (κ2) is 11.2. The zero-order chi connectivity index (χ0) is 25.7. The molecule has 1 saturated heterocycles. The van der Waals surface area contributed by atoms with Crippen LogP contribution in [-0.2, 0) is 18.9 Å². The van der Waals surface area contributed by atoms with Crippen LogP contribution in [0.25, 0.3) is 0 Å². The minimum Gasteiger partial charge on any atom is -0.459 e. The van der Waals surface area contributed by atoms with Crippen LogP contribution in [0.2, 0.25) is 0 Å².